The van der Waals surface area contributed by atoms with E-state index in [0.717, 1.165) is 29.4 Å². The second kappa shape index (κ2) is 7.45. The fourth-order valence-corrected chi connectivity index (χ4v) is 3.00. The number of ether oxygens (including phenoxy) is 1. The molecule has 26 heavy (non-hydrogen) atoms. The molecule has 1 fully saturated rings. The number of para-hydroxylation sites is 1. The summed E-state index contributed by atoms with van der Waals surface area (Å²) in [7, 11) is 0. The van der Waals surface area contributed by atoms with Crippen molar-refractivity contribution in [1.29, 1.82) is 0 Å². The Morgan fingerprint density at radius 3 is 2.58 bits per heavy atom. The molecule has 7 nitrogen and oxygen atoms in total. The van der Waals surface area contributed by atoms with Crippen LogP contribution >= 0.6 is 0 Å². The first-order chi connectivity index (χ1) is 12.8. The lowest BCUT2D eigenvalue weighted by atomic mass is 9.99. The molecule has 0 aliphatic carbocycles. The summed E-state index contributed by atoms with van der Waals surface area (Å²) in [6.07, 6.45) is 3.24. The zero-order valence-corrected chi connectivity index (χ0v) is 14.2. The van der Waals surface area contributed by atoms with E-state index in [4.69, 9.17) is 4.74 Å². The molecule has 1 aromatic carbocycles. The first-order valence-corrected chi connectivity index (χ1v) is 8.63. The second-order valence-electron chi connectivity index (χ2n) is 6.19. The summed E-state index contributed by atoms with van der Waals surface area (Å²) >= 11 is 0. The maximum absolute atomic E-state index is 12.2. The molecule has 0 radical (unpaired) electrons. The van der Waals surface area contributed by atoms with Gasteiger partial charge in [-0.15, -0.1) is 10.2 Å². The average Bonchev–Trinajstić information content (AvgIpc) is 2.70. The van der Waals surface area contributed by atoms with E-state index in [0.29, 0.717) is 24.8 Å². The third kappa shape index (κ3) is 3.62. The number of fused-ring (bicyclic) bond motifs is 1. The summed E-state index contributed by atoms with van der Waals surface area (Å²) in [5.74, 6) is 0.988. The van der Waals surface area contributed by atoms with E-state index in [1.54, 1.807) is 18.3 Å². The third-order valence-corrected chi connectivity index (χ3v) is 4.40. The van der Waals surface area contributed by atoms with Gasteiger partial charge >= 0.3 is 0 Å². The zero-order chi connectivity index (χ0) is 17.8. The number of aromatic nitrogens is 3. The first kappa shape index (κ1) is 16.4. The van der Waals surface area contributed by atoms with Crippen molar-refractivity contribution in [2.24, 2.45) is 5.92 Å². The Hall–Kier alpha value is -3.06. The molecule has 0 atom stereocenters. The van der Waals surface area contributed by atoms with Crippen molar-refractivity contribution in [3.05, 3.63) is 48.7 Å². The van der Waals surface area contributed by atoms with Gasteiger partial charge in [0.15, 0.2) is 11.6 Å². The largest absolute Gasteiger partial charge is 0.381 e. The van der Waals surface area contributed by atoms with Crippen LogP contribution in [-0.4, -0.2) is 34.3 Å². The molecule has 1 amide bonds. The Labute approximate surface area is 150 Å². The van der Waals surface area contributed by atoms with Crippen molar-refractivity contribution < 1.29 is 9.53 Å². The molecule has 1 aliphatic rings. The molecule has 1 saturated heterocycles. The summed E-state index contributed by atoms with van der Waals surface area (Å²) in [6.45, 7) is 1.26. The number of anilines is 3. The molecule has 1 aliphatic heterocycles. The van der Waals surface area contributed by atoms with E-state index in [1.807, 2.05) is 30.3 Å². The number of benzene rings is 1. The van der Waals surface area contributed by atoms with Gasteiger partial charge in [0.1, 0.15) is 0 Å². The van der Waals surface area contributed by atoms with Gasteiger partial charge in [-0.2, -0.15) is 0 Å². The fourth-order valence-electron chi connectivity index (χ4n) is 3.00. The highest BCUT2D eigenvalue weighted by Crippen LogP contribution is 2.24. The predicted molar refractivity (Wildman–Crippen MR) is 99.2 cm³/mol. The molecule has 3 heterocycles. The van der Waals surface area contributed by atoms with Gasteiger partial charge in [0, 0.05) is 30.7 Å². The van der Waals surface area contributed by atoms with Crippen molar-refractivity contribution in [1.82, 2.24) is 15.2 Å². The van der Waals surface area contributed by atoms with Crippen LogP contribution in [0.5, 0.6) is 0 Å². The number of nitrogens with zero attached hydrogens (tertiary/aromatic N) is 3. The highest BCUT2D eigenvalue weighted by molar-refractivity contribution is 5.92. The van der Waals surface area contributed by atoms with E-state index in [2.05, 4.69) is 25.8 Å². The van der Waals surface area contributed by atoms with E-state index in [-0.39, 0.29) is 11.8 Å². The van der Waals surface area contributed by atoms with E-state index in [9.17, 15) is 4.79 Å². The number of hydrogen-bond donors (Lipinski definition) is 2. The predicted octanol–water partition coefficient (Wildman–Crippen LogP) is 3.13. The van der Waals surface area contributed by atoms with Gasteiger partial charge in [-0.25, -0.2) is 0 Å². The highest BCUT2D eigenvalue weighted by atomic mass is 16.5. The van der Waals surface area contributed by atoms with Gasteiger partial charge in [-0.05, 0) is 37.1 Å². The van der Waals surface area contributed by atoms with Crippen molar-refractivity contribution in [3.8, 4) is 0 Å². The molecule has 132 valence electrons. The van der Waals surface area contributed by atoms with Gasteiger partial charge in [-0.1, -0.05) is 18.2 Å². The third-order valence-electron chi connectivity index (χ3n) is 4.40. The lowest BCUT2D eigenvalue weighted by Crippen LogP contribution is -2.28. The molecule has 0 saturated carbocycles. The number of pyridine rings is 1. The molecular weight excluding hydrogens is 330 g/mol. The van der Waals surface area contributed by atoms with Crippen LogP contribution in [-0.2, 0) is 9.53 Å². The Morgan fingerprint density at radius 2 is 1.77 bits per heavy atom. The van der Waals surface area contributed by atoms with Gasteiger partial charge < -0.3 is 15.4 Å². The molecule has 0 spiro atoms. The molecule has 0 bridgehead atoms. The van der Waals surface area contributed by atoms with Crippen molar-refractivity contribution in [2.75, 3.05) is 23.8 Å². The second-order valence-corrected chi connectivity index (χ2v) is 6.19. The summed E-state index contributed by atoms with van der Waals surface area (Å²) in [4.78, 5) is 16.6. The summed E-state index contributed by atoms with van der Waals surface area (Å²) < 4.78 is 5.28. The monoisotopic (exact) mass is 349 g/mol. The standard InChI is InChI=1S/C19H19N5O2/c25-19(14-8-11-26-12-9-14)22-17-7-6-16(23-24-17)21-15-5-1-3-13-4-2-10-20-18(13)15/h1-7,10,14H,8-9,11-12H2,(H,21,23)(H,22,24,25). The van der Waals surface area contributed by atoms with Crippen LogP contribution in [0.4, 0.5) is 17.3 Å². The number of rotatable bonds is 4. The van der Waals surface area contributed by atoms with Crippen molar-refractivity contribution in [2.45, 2.75) is 12.8 Å². The molecule has 3 aromatic rings. The summed E-state index contributed by atoms with van der Waals surface area (Å²) in [6, 6.07) is 13.4. The molecule has 2 aromatic heterocycles. The fraction of sp³-hybridized carbons (Fsp3) is 0.263. The normalized spacial score (nSPS) is 14.9. The van der Waals surface area contributed by atoms with Gasteiger partial charge in [-0.3, -0.25) is 9.78 Å². The van der Waals surface area contributed by atoms with Crippen LogP contribution in [0.25, 0.3) is 10.9 Å². The van der Waals surface area contributed by atoms with Crippen LogP contribution in [0.15, 0.2) is 48.7 Å². The molecule has 7 heteroatoms. The Bertz CT molecular complexity index is 902. The minimum atomic E-state index is -0.0263. The molecule has 4 rings (SSSR count). The number of hydrogen-bond acceptors (Lipinski definition) is 6. The number of nitrogens with one attached hydrogen (secondary N) is 2. The van der Waals surface area contributed by atoms with Crippen LogP contribution in [0.3, 0.4) is 0 Å². The van der Waals surface area contributed by atoms with E-state index < -0.39 is 0 Å². The van der Waals surface area contributed by atoms with Gasteiger partial charge in [0.25, 0.3) is 0 Å². The number of carbonyl (C=O) groups is 1. The molecule has 2 N–H and O–H groups in total. The SMILES string of the molecule is O=C(Nc1ccc(Nc2cccc3cccnc23)nn1)C1CCOCC1. The molecular formula is C19H19N5O2. The topological polar surface area (TPSA) is 89.0 Å². The zero-order valence-electron chi connectivity index (χ0n) is 14.2. The van der Waals surface area contributed by atoms with Crippen molar-refractivity contribution >= 4 is 34.1 Å². The van der Waals surface area contributed by atoms with Crippen LogP contribution in [0.1, 0.15) is 12.8 Å². The number of amides is 1. The summed E-state index contributed by atoms with van der Waals surface area (Å²) in [5, 5.41) is 15.3. The van der Waals surface area contributed by atoms with Gasteiger partial charge in [0.2, 0.25) is 5.91 Å². The van der Waals surface area contributed by atoms with E-state index >= 15 is 0 Å². The smallest absolute Gasteiger partial charge is 0.228 e. The minimum absolute atomic E-state index is 0.0230. The molecule has 0 unspecified atom stereocenters. The van der Waals surface area contributed by atoms with E-state index in [1.165, 1.54) is 0 Å². The van der Waals surface area contributed by atoms with Crippen LogP contribution < -0.4 is 10.6 Å². The Kier molecular flexibility index (Phi) is 4.70. The lowest BCUT2D eigenvalue weighted by Gasteiger charge is -2.20. The quantitative estimate of drug-likeness (QED) is 0.752. The maximum atomic E-state index is 12.2. The Morgan fingerprint density at radius 1 is 1.00 bits per heavy atom. The lowest BCUT2D eigenvalue weighted by molar-refractivity contribution is -0.122. The average molecular weight is 349 g/mol. The van der Waals surface area contributed by atoms with Crippen LogP contribution in [0, 0.1) is 5.92 Å². The Balaban J connectivity index is 1.45. The first-order valence-electron chi connectivity index (χ1n) is 8.63. The van der Waals surface area contributed by atoms with Crippen molar-refractivity contribution in [3.63, 3.8) is 0 Å². The maximum Gasteiger partial charge on any atom is 0.228 e. The summed E-state index contributed by atoms with van der Waals surface area (Å²) in [5.41, 5.74) is 1.73. The van der Waals surface area contributed by atoms with Crippen LogP contribution in [0.2, 0.25) is 0 Å². The minimum Gasteiger partial charge on any atom is -0.381 e. The highest BCUT2D eigenvalue weighted by Gasteiger charge is 2.21. The van der Waals surface area contributed by atoms with Gasteiger partial charge in [0.05, 0.1) is 11.2 Å². The number of carbonyl (C=O) groups excluding carboxylic acids is 1.